The molecule has 0 heterocycles. The van der Waals surface area contributed by atoms with Gasteiger partial charge in [0.05, 0.1) is 37.7 Å². The first-order valence-corrected chi connectivity index (χ1v) is 17.7. The minimum Gasteiger partial charge on any atom is -0.550 e. The number of aliphatic carboxylic acids is 3. The van der Waals surface area contributed by atoms with Crippen molar-refractivity contribution in [3.8, 4) is 0 Å². The quantitative estimate of drug-likeness (QED) is 0.0603. The van der Waals surface area contributed by atoms with Crippen LogP contribution >= 0.6 is 0 Å². The standard InChI is InChI=1S/C36H67NO6/c1-5-6-7-8-9-10-11-12-13-14-15-16-17-18-19-20-21-22-23-27-37(28-24-31(2)34(38)39,29-25-32(3)35(40)41)30-26-33(4)36(42)43/h23,27,31-33H,5-22,24-26,28-30H2,1-4H3,(H2-,38,39,40,41,42,43)/b27-23+. The zero-order chi connectivity index (χ0) is 32.3. The Kier molecular flexibility index (Phi) is 25.3. The molecule has 7 nitrogen and oxygen atoms in total. The SMILES string of the molecule is CCCCCCCCCCCCCCCCCCC/C=C/[N+](CCC(C)C(=O)[O-])(CCC(C)C(=O)O)CCC(C)C(=O)O. The molecule has 0 amide bonds. The Morgan fingerprint density at radius 1 is 0.581 bits per heavy atom. The number of rotatable bonds is 31. The van der Waals surface area contributed by atoms with Gasteiger partial charge in [-0.3, -0.25) is 14.1 Å². The molecule has 0 spiro atoms. The van der Waals surface area contributed by atoms with Crippen LogP contribution in [0.3, 0.4) is 0 Å². The third kappa shape index (κ3) is 23.2. The normalized spacial score (nSPS) is 15.3. The first-order chi connectivity index (χ1) is 20.5. The monoisotopic (exact) mass is 609 g/mol. The molecule has 0 aliphatic carbocycles. The number of unbranched alkanes of at least 4 members (excludes halogenated alkanes) is 17. The van der Waals surface area contributed by atoms with E-state index in [1.54, 1.807) is 20.8 Å². The Balaban J connectivity index is 4.52. The number of carboxylic acids is 3. The van der Waals surface area contributed by atoms with E-state index in [4.69, 9.17) is 0 Å². The highest BCUT2D eigenvalue weighted by atomic mass is 16.4. The van der Waals surface area contributed by atoms with E-state index < -0.39 is 35.7 Å². The first-order valence-electron chi connectivity index (χ1n) is 17.7. The lowest BCUT2D eigenvalue weighted by Gasteiger charge is -2.37. The maximum Gasteiger partial charge on any atom is 0.306 e. The van der Waals surface area contributed by atoms with Crippen LogP contribution in [0.4, 0.5) is 0 Å². The lowest BCUT2D eigenvalue weighted by atomic mass is 10.0. The van der Waals surface area contributed by atoms with Gasteiger partial charge in [-0.1, -0.05) is 130 Å². The highest BCUT2D eigenvalue weighted by Crippen LogP contribution is 2.21. The second-order valence-electron chi connectivity index (χ2n) is 13.3. The summed E-state index contributed by atoms with van der Waals surface area (Å²) in [6.07, 6.45) is 29.2. The van der Waals surface area contributed by atoms with Crippen molar-refractivity contribution in [1.29, 1.82) is 0 Å². The Morgan fingerprint density at radius 2 is 0.907 bits per heavy atom. The summed E-state index contributed by atoms with van der Waals surface area (Å²) in [5.41, 5.74) is 0. The number of quaternary nitrogens is 1. The first kappa shape index (κ1) is 41.1. The van der Waals surface area contributed by atoms with Gasteiger partial charge in [0.1, 0.15) is 0 Å². The van der Waals surface area contributed by atoms with Gasteiger partial charge in [0.25, 0.3) is 0 Å². The molecule has 3 unspecified atom stereocenters. The number of hydrogen-bond donors (Lipinski definition) is 2. The van der Waals surface area contributed by atoms with Crippen molar-refractivity contribution < 1.29 is 34.2 Å². The smallest absolute Gasteiger partial charge is 0.306 e. The summed E-state index contributed by atoms with van der Waals surface area (Å²) >= 11 is 0. The van der Waals surface area contributed by atoms with Crippen LogP contribution < -0.4 is 5.11 Å². The van der Waals surface area contributed by atoms with Crippen LogP contribution in [0, 0.1) is 17.8 Å². The number of hydrogen-bond acceptors (Lipinski definition) is 4. The van der Waals surface area contributed by atoms with E-state index in [1.165, 1.54) is 103 Å². The van der Waals surface area contributed by atoms with Crippen molar-refractivity contribution in [3.05, 3.63) is 12.3 Å². The molecular formula is C36H67NO6. The number of allylic oxidation sites excluding steroid dienone is 1. The van der Waals surface area contributed by atoms with Crippen LogP contribution in [0.5, 0.6) is 0 Å². The van der Waals surface area contributed by atoms with Crippen molar-refractivity contribution in [1.82, 2.24) is 0 Å². The summed E-state index contributed by atoms with van der Waals surface area (Å²) < 4.78 is 0.409. The highest BCUT2D eigenvalue weighted by molar-refractivity contribution is 5.69. The summed E-state index contributed by atoms with van der Waals surface area (Å²) in [5, 5.41) is 30.2. The van der Waals surface area contributed by atoms with Gasteiger partial charge in [-0.2, -0.15) is 0 Å². The van der Waals surface area contributed by atoms with Crippen molar-refractivity contribution in [2.45, 2.75) is 163 Å². The van der Waals surface area contributed by atoms with Crippen molar-refractivity contribution >= 4 is 17.9 Å². The summed E-state index contributed by atoms with van der Waals surface area (Å²) in [6.45, 7) is 8.85. The molecule has 0 aromatic carbocycles. The van der Waals surface area contributed by atoms with Gasteiger partial charge in [-0.15, -0.1) is 0 Å². The van der Waals surface area contributed by atoms with Crippen molar-refractivity contribution in [2.75, 3.05) is 19.6 Å². The molecule has 0 saturated heterocycles. The molecule has 252 valence electrons. The highest BCUT2D eigenvalue weighted by Gasteiger charge is 2.29. The average molecular weight is 610 g/mol. The zero-order valence-corrected chi connectivity index (χ0v) is 28.3. The molecule has 0 radical (unpaired) electrons. The van der Waals surface area contributed by atoms with Crippen LogP contribution in [0.15, 0.2) is 12.3 Å². The molecule has 43 heavy (non-hydrogen) atoms. The van der Waals surface area contributed by atoms with E-state index in [2.05, 4.69) is 19.2 Å². The van der Waals surface area contributed by atoms with E-state index in [-0.39, 0.29) is 0 Å². The van der Waals surface area contributed by atoms with E-state index in [9.17, 15) is 29.7 Å². The number of carboxylic acid groups (broad SMARTS) is 3. The third-order valence-electron chi connectivity index (χ3n) is 9.16. The van der Waals surface area contributed by atoms with Crippen LogP contribution in [-0.2, 0) is 14.4 Å². The second-order valence-corrected chi connectivity index (χ2v) is 13.3. The summed E-state index contributed by atoms with van der Waals surface area (Å²) in [7, 11) is 0. The van der Waals surface area contributed by atoms with Crippen molar-refractivity contribution in [3.63, 3.8) is 0 Å². The van der Waals surface area contributed by atoms with Gasteiger partial charge < -0.3 is 20.1 Å². The van der Waals surface area contributed by atoms with E-state index >= 15 is 0 Å². The predicted octanol–water partition coefficient (Wildman–Crippen LogP) is 8.36. The molecule has 0 aromatic heterocycles. The number of carbonyl (C=O) groups is 3. The summed E-state index contributed by atoms with van der Waals surface area (Å²) in [4.78, 5) is 34.3. The minimum atomic E-state index is -1.09. The molecule has 3 atom stereocenters. The Labute approximate surface area is 264 Å². The molecule has 0 fully saturated rings. The minimum absolute atomic E-state index is 0.398. The van der Waals surface area contributed by atoms with Gasteiger partial charge in [0.2, 0.25) is 0 Å². The van der Waals surface area contributed by atoms with Gasteiger partial charge in [0, 0.05) is 31.1 Å². The largest absolute Gasteiger partial charge is 0.550 e. The fraction of sp³-hybridized carbons (Fsp3) is 0.861. The Bertz CT molecular complexity index is 692. The molecule has 0 saturated carbocycles. The third-order valence-corrected chi connectivity index (χ3v) is 9.16. The maximum absolute atomic E-state index is 11.5. The van der Waals surface area contributed by atoms with Crippen molar-refractivity contribution in [2.24, 2.45) is 17.8 Å². The lowest BCUT2D eigenvalue weighted by Crippen LogP contribution is -2.48. The molecular weight excluding hydrogens is 542 g/mol. The number of carbonyl (C=O) groups excluding carboxylic acids is 1. The molecule has 7 heteroatoms. The maximum atomic E-state index is 11.5. The topological polar surface area (TPSA) is 115 Å². The molecule has 0 aliphatic heterocycles. The molecule has 0 aromatic rings. The second kappa shape index (κ2) is 26.5. The van der Waals surface area contributed by atoms with E-state index in [1.807, 2.05) is 0 Å². The Hall–Kier alpha value is -1.89. The van der Waals surface area contributed by atoms with Gasteiger partial charge >= 0.3 is 11.9 Å². The number of nitrogens with zero attached hydrogens (tertiary/aromatic N) is 1. The summed E-state index contributed by atoms with van der Waals surface area (Å²) in [5.74, 6) is -4.47. The molecule has 0 aliphatic rings. The average Bonchev–Trinajstić information content (AvgIpc) is 2.97. The van der Waals surface area contributed by atoms with Crippen LogP contribution in [0.25, 0.3) is 0 Å². The molecule has 2 N–H and O–H groups in total. The molecule has 0 bridgehead atoms. The van der Waals surface area contributed by atoms with Crippen LogP contribution in [-0.4, -0.2) is 52.2 Å². The van der Waals surface area contributed by atoms with Gasteiger partial charge in [-0.25, -0.2) is 0 Å². The van der Waals surface area contributed by atoms with Gasteiger partial charge in [0.15, 0.2) is 0 Å². The van der Waals surface area contributed by atoms with E-state index in [0.29, 0.717) is 43.4 Å². The van der Waals surface area contributed by atoms with E-state index in [0.717, 1.165) is 12.8 Å². The fourth-order valence-corrected chi connectivity index (χ4v) is 5.56. The Morgan fingerprint density at radius 3 is 1.23 bits per heavy atom. The van der Waals surface area contributed by atoms with Crippen LogP contribution in [0.1, 0.15) is 163 Å². The lowest BCUT2D eigenvalue weighted by molar-refractivity contribution is -0.881. The zero-order valence-electron chi connectivity index (χ0n) is 28.3. The fourth-order valence-electron chi connectivity index (χ4n) is 5.56. The van der Waals surface area contributed by atoms with Crippen LogP contribution in [0.2, 0.25) is 0 Å². The predicted molar refractivity (Wildman–Crippen MR) is 174 cm³/mol. The van der Waals surface area contributed by atoms with Gasteiger partial charge in [-0.05, 0) is 18.9 Å². The molecule has 0 rings (SSSR count). The summed E-state index contributed by atoms with van der Waals surface area (Å²) in [6, 6.07) is 0.